The summed E-state index contributed by atoms with van der Waals surface area (Å²) in [4.78, 5) is 0. The van der Waals surface area contributed by atoms with Crippen molar-refractivity contribution in [2.45, 2.75) is 33.2 Å². The maximum Gasteiger partial charge on any atom is 0.0494 e. The highest BCUT2D eigenvalue weighted by Crippen LogP contribution is 2.33. The second-order valence-electron chi connectivity index (χ2n) is 5.39. The van der Waals surface area contributed by atoms with E-state index < -0.39 is 0 Å². The molecule has 3 unspecified atom stereocenters. The summed E-state index contributed by atoms with van der Waals surface area (Å²) < 4.78 is 5.50. The van der Waals surface area contributed by atoms with Crippen LogP contribution in [0, 0.1) is 25.7 Å². The van der Waals surface area contributed by atoms with Gasteiger partial charge in [-0.1, -0.05) is 30.7 Å². The topological polar surface area (TPSA) is 35.2 Å². The van der Waals surface area contributed by atoms with Crippen molar-refractivity contribution in [2.75, 3.05) is 13.2 Å². The molecule has 0 amide bonds. The number of hydrogen-bond donors (Lipinski definition) is 1. The molecular weight excluding hydrogens is 210 g/mol. The lowest BCUT2D eigenvalue weighted by Gasteiger charge is -2.34. The number of nitrogens with two attached hydrogens (primary N) is 1. The fourth-order valence-corrected chi connectivity index (χ4v) is 2.78. The average Bonchev–Trinajstić information content (AvgIpc) is 2.32. The molecule has 2 rings (SSSR count). The summed E-state index contributed by atoms with van der Waals surface area (Å²) >= 11 is 0. The maximum absolute atomic E-state index is 6.47. The number of benzene rings is 1. The highest BCUT2D eigenvalue weighted by Gasteiger charge is 2.29. The van der Waals surface area contributed by atoms with E-state index in [0.717, 1.165) is 19.6 Å². The van der Waals surface area contributed by atoms with Gasteiger partial charge in [0.15, 0.2) is 0 Å². The minimum absolute atomic E-state index is 0.147. The minimum atomic E-state index is 0.147. The quantitative estimate of drug-likeness (QED) is 0.852. The van der Waals surface area contributed by atoms with E-state index in [1.807, 2.05) is 0 Å². The zero-order valence-corrected chi connectivity index (χ0v) is 11.1. The lowest BCUT2D eigenvalue weighted by molar-refractivity contribution is 0.0154. The molecule has 0 aromatic heterocycles. The molecule has 2 N–H and O–H groups in total. The molecule has 0 spiro atoms. The van der Waals surface area contributed by atoms with Gasteiger partial charge in [0.05, 0.1) is 0 Å². The zero-order valence-electron chi connectivity index (χ0n) is 11.1. The van der Waals surface area contributed by atoms with E-state index >= 15 is 0 Å². The normalized spacial score (nSPS) is 26.8. The Kier molecular flexibility index (Phi) is 3.85. The first-order valence-electron chi connectivity index (χ1n) is 6.50. The van der Waals surface area contributed by atoms with Crippen molar-refractivity contribution in [3.8, 4) is 0 Å². The summed E-state index contributed by atoms with van der Waals surface area (Å²) in [7, 11) is 0. The molecule has 1 fully saturated rings. The molecule has 1 heterocycles. The van der Waals surface area contributed by atoms with Crippen LogP contribution >= 0.6 is 0 Å². The van der Waals surface area contributed by atoms with Crippen LogP contribution in [0.2, 0.25) is 0 Å². The smallest absolute Gasteiger partial charge is 0.0494 e. The molecule has 0 bridgehead atoms. The van der Waals surface area contributed by atoms with Crippen molar-refractivity contribution in [1.82, 2.24) is 0 Å². The van der Waals surface area contributed by atoms with Crippen molar-refractivity contribution in [1.29, 1.82) is 0 Å². The van der Waals surface area contributed by atoms with E-state index in [1.54, 1.807) is 0 Å². The molecule has 0 saturated carbocycles. The third-order valence-electron chi connectivity index (χ3n) is 3.96. The fraction of sp³-hybridized carbons (Fsp3) is 0.600. The Labute approximate surface area is 104 Å². The molecule has 0 aliphatic carbocycles. The van der Waals surface area contributed by atoms with E-state index in [1.165, 1.54) is 16.7 Å². The number of ether oxygens (including phenoxy) is 1. The number of rotatable bonds is 2. The third-order valence-corrected chi connectivity index (χ3v) is 3.96. The van der Waals surface area contributed by atoms with Gasteiger partial charge in [-0.3, -0.25) is 0 Å². The molecule has 1 aliphatic heterocycles. The van der Waals surface area contributed by atoms with E-state index in [2.05, 4.69) is 39.0 Å². The summed E-state index contributed by atoms with van der Waals surface area (Å²) in [6.07, 6.45) is 1.08. The summed E-state index contributed by atoms with van der Waals surface area (Å²) in [5.74, 6) is 1.10. The summed E-state index contributed by atoms with van der Waals surface area (Å²) in [5.41, 5.74) is 10.4. The van der Waals surface area contributed by atoms with Crippen LogP contribution in [0.3, 0.4) is 0 Å². The Hall–Kier alpha value is -0.860. The molecule has 17 heavy (non-hydrogen) atoms. The predicted octanol–water partition coefficient (Wildman–Crippen LogP) is 2.98. The summed E-state index contributed by atoms with van der Waals surface area (Å²) in [6.45, 7) is 8.23. The lowest BCUT2D eigenvalue weighted by atomic mass is 9.80. The van der Waals surface area contributed by atoms with E-state index in [0.29, 0.717) is 11.8 Å². The van der Waals surface area contributed by atoms with Crippen LogP contribution in [0.15, 0.2) is 18.2 Å². The van der Waals surface area contributed by atoms with Gasteiger partial charge >= 0.3 is 0 Å². The second kappa shape index (κ2) is 5.19. The first kappa shape index (κ1) is 12.6. The van der Waals surface area contributed by atoms with E-state index in [4.69, 9.17) is 10.5 Å². The van der Waals surface area contributed by atoms with Crippen LogP contribution < -0.4 is 5.73 Å². The van der Waals surface area contributed by atoms with Gasteiger partial charge in [0.1, 0.15) is 0 Å². The monoisotopic (exact) mass is 233 g/mol. The van der Waals surface area contributed by atoms with Crippen molar-refractivity contribution in [3.63, 3.8) is 0 Å². The Balaban J connectivity index is 2.23. The fourth-order valence-electron chi connectivity index (χ4n) is 2.78. The molecule has 1 aromatic carbocycles. The van der Waals surface area contributed by atoms with Crippen LogP contribution in [0.25, 0.3) is 0 Å². The first-order valence-corrected chi connectivity index (χ1v) is 6.50. The Morgan fingerprint density at radius 2 is 2.12 bits per heavy atom. The van der Waals surface area contributed by atoms with E-state index in [9.17, 15) is 0 Å². The highest BCUT2D eigenvalue weighted by atomic mass is 16.5. The highest BCUT2D eigenvalue weighted by molar-refractivity contribution is 5.33. The van der Waals surface area contributed by atoms with E-state index in [-0.39, 0.29) is 6.04 Å². The Bertz CT molecular complexity index is 389. The molecule has 0 radical (unpaired) electrons. The van der Waals surface area contributed by atoms with Gasteiger partial charge in [-0.2, -0.15) is 0 Å². The summed E-state index contributed by atoms with van der Waals surface area (Å²) in [6, 6.07) is 6.71. The molecule has 2 nitrogen and oxygen atoms in total. The van der Waals surface area contributed by atoms with Crippen LogP contribution in [0.1, 0.15) is 36.1 Å². The largest absolute Gasteiger partial charge is 0.381 e. The number of hydrogen-bond acceptors (Lipinski definition) is 2. The van der Waals surface area contributed by atoms with Crippen LogP contribution in [-0.2, 0) is 4.74 Å². The van der Waals surface area contributed by atoms with Crippen molar-refractivity contribution in [3.05, 3.63) is 34.9 Å². The molecule has 2 heteroatoms. The van der Waals surface area contributed by atoms with Gasteiger partial charge in [-0.15, -0.1) is 0 Å². The standard InChI is InChI=1S/C15H23NO/c1-10-4-5-11(2)14(8-10)15(16)13-6-7-17-9-12(13)3/h4-5,8,12-13,15H,6-7,9,16H2,1-3H3. The maximum atomic E-state index is 6.47. The molecule has 3 atom stereocenters. The van der Waals surface area contributed by atoms with Gasteiger partial charge in [-0.25, -0.2) is 0 Å². The molecule has 1 aromatic rings. The van der Waals surface area contributed by atoms with Gasteiger partial charge in [-0.05, 0) is 43.2 Å². The second-order valence-corrected chi connectivity index (χ2v) is 5.39. The van der Waals surface area contributed by atoms with Crippen molar-refractivity contribution in [2.24, 2.45) is 17.6 Å². The van der Waals surface area contributed by atoms with Gasteiger partial charge < -0.3 is 10.5 Å². The SMILES string of the molecule is Cc1ccc(C)c(C(N)C2CCOCC2C)c1. The molecule has 1 aliphatic rings. The number of aryl methyl sites for hydroxylation is 2. The van der Waals surface area contributed by atoms with Crippen LogP contribution in [0.5, 0.6) is 0 Å². The van der Waals surface area contributed by atoms with Crippen molar-refractivity contribution >= 4 is 0 Å². The van der Waals surface area contributed by atoms with Gasteiger partial charge in [0, 0.05) is 19.3 Å². The van der Waals surface area contributed by atoms with Gasteiger partial charge in [0.2, 0.25) is 0 Å². The van der Waals surface area contributed by atoms with Gasteiger partial charge in [0.25, 0.3) is 0 Å². The van der Waals surface area contributed by atoms with Crippen LogP contribution in [0.4, 0.5) is 0 Å². The predicted molar refractivity (Wildman–Crippen MR) is 70.9 cm³/mol. The third kappa shape index (κ3) is 2.70. The molecular formula is C15H23NO. The lowest BCUT2D eigenvalue weighted by Crippen LogP contribution is -2.34. The Morgan fingerprint density at radius 3 is 2.82 bits per heavy atom. The Morgan fingerprint density at radius 1 is 1.35 bits per heavy atom. The molecule has 94 valence electrons. The zero-order chi connectivity index (χ0) is 12.4. The molecule has 1 saturated heterocycles. The van der Waals surface area contributed by atoms with Crippen molar-refractivity contribution < 1.29 is 4.74 Å². The average molecular weight is 233 g/mol. The minimum Gasteiger partial charge on any atom is -0.381 e. The van der Waals surface area contributed by atoms with Crippen LogP contribution in [-0.4, -0.2) is 13.2 Å². The summed E-state index contributed by atoms with van der Waals surface area (Å²) in [5, 5.41) is 0. The first-order chi connectivity index (χ1) is 8.09.